The maximum Gasteiger partial charge on any atom is 0.211 e. The van der Waals surface area contributed by atoms with Gasteiger partial charge in [-0.15, -0.1) is 11.3 Å². The molecule has 94 valence electrons. The minimum atomic E-state index is -0.00453. The van der Waals surface area contributed by atoms with Gasteiger partial charge in [-0.3, -0.25) is 4.79 Å². The van der Waals surface area contributed by atoms with E-state index in [-0.39, 0.29) is 12.4 Å². The maximum absolute atomic E-state index is 11.9. The number of hydrogen-bond donors (Lipinski definition) is 0. The maximum atomic E-state index is 11.9. The third kappa shape index (κ3) is 3.00. The molecule has 0 aliphatic rings. The second kappa shape index (κ2) is 5.67. The number of thiophene rings is 1. The average Bonchev–Trinajstić information content (AvgIpc) is 2.77. The normalized spacial score (nSPS) is 10.4. The van der Waals surface area contributed by atoms with Crippen molar-refractivity contribution in [1.29, 1.82) is 0 Å². The van der Waals surface area contributed by atoms with Crippen LogP contribution in [0, 0.1) is 13.8 Å². The first-order valence-electron chi connectivity index (χ1n) is 5.54. The van der Waals surface area contributed by atoms with Crippen LogP contribution in [-0.4, -0.2) is 12.4 Å². The second-order valence-electron chi connectivity index (χ2n) is 4.06. The highest BCUT2D eigenvalue weighted by atomic mass is 79.9. The average molecular weight is 325 g/mol. The standard InChI is InChI=1S/C14H13BrO2S/c1-9-3-4-11(7-10(9)2)17-8-13(16)14-12(15)5-6-18-14/h3-7H,8H2,1-2H3. The number of rotatable bonds is 4. The third-order valence-corrected chi connectivity index (χ3v) is 4.60. The zero-order valence-corrected chi connectivity index (χ0v) is 12.6. The summed E-state index contributed by atoms with van der Waals surface area (Å²) in [7, 11) is 0. The van der Waals surface area contributed by atoms with Crippen LogP contribution in [0.4, 0.5) is 0 Å². The molecular formula is C14H13BrO2S. The topological polar surface area (TPSA) is 26.3 Å². The lowest BCUT2D eigenvalue weighted by Crippen LogP contribution is -2.10. The Labute approximate surface area is 119 Å². The molecule has 0 radical (unpaired) electrons. The Bertz CT molecular complexity index is 575. The highest BCUT2D eigenvalue weighted by Gasteiger charge is 2.12. The van der Waals surface area contributed by atoms with E-state index in [9.17, 15) is 4.79 Å². The fourth-order valence-corrected chi connectivity index (χ4v) is 3.03. The van der Waals surface area contributed by atoms with Gasteiger partial charge in [0.25, 0.3) is 0 Å². The van der Waals surface area contributed by atoms with Crippen molar-refractivity contribution in [3.05, 3.63) is 50.1 Å². The summed E-state index contributed by atoms with van der Waals surface area (Å²) < 4.78 is 6.35. The molecule has 0 aliphatic carbocycles. The van der Waals surface area contributed by atoms with Crippen LogP contribution in [0.1, 0.15) is 20.8 Å². The first kappa shape index (κ1) is 13.3. The molecule has 0 saturated carbocycles. The molecule has 1 aromatic carbocycles. The number of aryl methyl sites for hydroxylation is 2. The lowest BCUT2D eigenvalue weighted by molar-refractivity contribution is 0.0925. The van der Waals surface area contributed by atoms with Crippen LogP contribution in [0.15, 0.2) is 34.1 Å². The molecule has 0 saturated heterocycles. The highest BCUT2D eigenvalue weighted by molar-refractivity contribution is 9.10. The molecule has 2 nitrogen and oxygen atoms in total. The largest absolute Gasteiger partial charge is 0.485 e. The molecule has 2 aromatic rings. The number of carbonyl (C=O) groups excluding carboxylic acids is 1. The van der Waals surface area contributed by atoms with Gasteiger partial charge in [0.2, 0.25) is 5.78 Å². The predicted molar refractivity (Wildman–Crippen MR) is 77.8 cm³/mol. The predicted octanol–water partition coefficient (Wildman–Crippen LogP) is 4.39. The number of hydrogen-bond acceptors (Lipinski definition) is 3. The van der Waals surface area contributed by atoms with E-state index >= 15 is 0 Å². The first-order valence-corrected chi connectivity index (χ1v) is 7.21. The molecular weight excluding hydrogens is 312 g/mol. The van der Waals surface area contributed by atoms with Gasteiger partial charge >= 0.3 is 0 Å². The van der Waals surface area contributed by atoms with Crippen LogP contribution in [0.2, 0.25) is 0 Å². The quantitative estimate of drug-likeness (QED) is 0.780. The molecule has 0 bridgehead atoms. The summed E-state index contributed by atoms with van der Waals surface area (Å²) in [6.45, 7) is 4.15. The van der Waals surface area contributed by atoms with Gasteiger partial charge in [0.1, 0.15) is 5.75 Å². The van der Waals surface area contributed by atoms with Crippen LogP contribution in [0.5, 0.6) is 5.75 Å². The number of ether oxygens (including phenoxy) is 1. The molecule has 1 heterocycles. The van der Waals surface area contributed by atoms with Crippen molar-refractivity contribution in [3.8, 4) is 5.75 Å². The van der Waals surface area contributed by atoms with Gasteiger partial charge in [-0.1, -0.05) is 6.07 Å². The molecule has 4 heteroatoms. The molecule has 0 N–H and O–H groups in total. The van der Waals surface area contributed by atoms with E-state index in [0.29, 0.717) is 4.88 Å². The van der Waals surface area contributed by atoms with Gasteiger partial charge < -0.3 is 4.74 Å². The minimum Gasteiger partial charge on any atom is -0.485 e. The third-order valence-electron chi connectivity index (χ3n) is 2.72. The van der Waals surface area contributed by atoms with E-state index in [4.69, 9.17) is 4.74 Å². The Kier molecular flexibility index (Phi) is 4.19. The van der Waals surface area contributed by atoms with E-state index < -0.39 is 0 Å². The molecule has 0 atom stereocenters. The Morgan fingerprint density at radius 2 is 2.06 bits per heavy atom. The van der Waals surface area contributed by atoms with Gasteiger partial charge in [-0.25, -0.2) is 0 Å². The Morgan fingerprint density at radius 3 is 2.67 bits per heavy atom. The summed E-state index contributed by atoms with van der Waals surface area (Å²) in [4.78, 5) is 12.6. The summed E-state index contributed by atoms with van der Waals surface area (Å²) in [5, 5.41) is 1.88. The lowest BCUT2D eigenvalue weighted by Gasteiger charge is -2.07. The van der Waals surface area contributed by atoms with E-state index in [2.05, 4.69) is 15.9 Å². The van der Waals surface area contributed by atoms with Crippen molar-refractivity contribution in [1.82, 2.24) is 0 Å². The van der Waals surface area contributed by atoms with E-state index in [1.165, 1.54) is 16.9 Å². The van der Waals surface area contributed by atoms with Gasteiger partial charge in [-0.05, 0) is 64.5 Å². The van der Waals surface area contributed by atoms with Crippen molar-refractivity contribution in [2.45, 2.75) is 13.8 Å². The highest BCUT2D eigenvalue weighted by Crippen LogP contribution is 2.23. The molecule has 0 aliphatic heterocycles. The smallest absolute Gasteiger partial charge is 0.211 e. The monoisotopic (exact) mass is 324 g/mol. The number of ketones is 1. The van der Waals surface area contributed by atoms with Crippen molar-refractivity contribution in [2.24, 2.45) is 0 Å². The second-order valence-corrected chi connectivity index (χ2v) is 5.83. The van der Waals surface area contributed by atoms with Crippen LogP contribution in [-0.2, 0) is 0 Å². The molecule has 1 aromatic heterocycles. The van der Waals surface area contributed by atoms with Crippen LogP contribution in [0.25, 0.3) is 0 Å². The first-order chi connectivity index (χ1) is 8.58. The van der Waals surface area contributed by atoms with E-state index in [1.807, 2.05) is 43.5 Å². The summed E-state index contributed by atoms with van der Waals surface area (Å²) >= 11 is 4.77. The molecule has 18 heavy (non-hydrogen) atoms. The van der Waals surface area contributed by atoms with Gasteiger partial charge in [0.05, 0.1) is 4.88 Å². The Balaban J connectivity index is 2.02. The van der Waals surface area contributed by atoms with Crippen molar-refractivity contribution < 1.29 is 9.53 Å². The van der Waals surface area contributed by atoms with Gasteiger partial charge in [0.15, 0.2) is 6.61 Å². The number of carbonyl (C=O) groups is 1. The zero-order chi connectivity index (χ0) is 13.1. The summed E-state index contributed by atoms with van der Waals surface area (Å²) in [6.07, 6.45) is 0. The van der Waals surface area contributed by atoms with Crippen LogP contribution in [0.3, 0.4) is 0 Å². The van der Waals surface area contributed by atoms with Crippen LogP contribution >= 0.6 is 27.3 Å². The molecule has 2 rings (SSSR count). The van der Waals surface area contributed by atoms with Gasteiger partial charge in [-0.2, -0.15) is 0 Å². The van der Waals surface area contributed by atoms with Crippen molar-refractivity contribution in [2.75, 3.05) is 6.61 Å². The molecule has 0 unspecified atom stereocenters. The summed E-state index contributed by atoms with van der Waals surface area (Å²) in [5.41, 5.74) is 2.38. The summed E-state index contributed by atoms with van der Waals surface area (Å²) in [5.74, 6) is 0.731. The summed E-state index contributed by atoms with van der Waals surface area (Å²) in [6, 6.07) is 7.70. The van der Waals surface area contributed by atoms with Crippen molar-refractivity contribution >= 4 is 33.0 Å². The SMILES string of the molecule is Cc1ccc(OCC(=O)c2sccc2Br)cc1C. The van der Waals surface area contributed by atoms with Crippen LogP contribution < -0.4 is 4.74 Å². The fourth-order valence-electron chi connectivity index (χ4n) is 1.51. The lowest BCUT2D eigenvalue weighted by atomic mass is 10.1. The zero-order valence-electron chi connectivity index (χ0n) is 10.2. The molecule has 0 amide bonds. The Morgan fingerprint density at radius 1 is 1.28 bits per heavy atom. The minimum absolute atomic E-state index is 0.00453. The molecule has 0 spiro atoms. The number of Topliss-reactive ketones (excluding diaryl/α,β-unsaturated/α-hetero) is 1. The fraction of sp³-hybridized carbons (Fsp3) is 0.214. The Hall–Kier alpha value is -1.13. The van der Waals surface area contributed by atoms with E-state index in [1.54, 1.807) is 0 Å². The number of benzene rings is 1. The molecule has 0 fully saturated rings. The van der Waals surface area contributed by atoms with Crippen molar-refractivity contribution in [3.63, 3.8) is 0 Å². The van der Waals surface area contributed by atoms with Gasteiger partial charge in [0, 0.05) is 4.47 Å². The number of halogens is 1. The van der Waals surface area contributed by atoms with E-state index in [0.717, 1.165) is 15.8 Å².